The van der Waals surface area contributed by atoms with Gasteiger partial charge in [0, 0.05) is 38.4 Å². The van der Waals surface area contributed by atoms with Crippen LogP contribution >= 0.6 is 0 Å². The molecule has 4 nitrogen and oxygen atoms in total. The number of β-amino-alcohol motifs (C(OH)–C–C–N with tert-alkyl or cyclic N) is 1. The second-order valence-electron chi connectivity index (χ2n) is 7.81. The van der Waals surface area contributed by atoms with Crippen molar-refractivity contribution in [2.75, 3.05) is 44.2 Å². The Balaban J connectivity index is 1.25. The van der Waals surface area contributed by atoms with Crippen LogP contribution in [0.4, 0.5) is 18.9 Å². The van der Waals surface area contributed by atoms with Gasteiger partial charge in [-0.1, -0.05) is 36.4 Å². The van der Waals surface area contributed by atoms with Crippen molar-refractivity contribution in [2.24, 2.45) is 0 Å². The first-order valence-corrected chi connectivity index (χ1v) is 10.3. The molecule has 0 bridgehead atoms. The van der Waals surface area contributed by atoms with Crippen molar-refractivity contribution in [3.05, 3.63) is 72.3 Å². The highest BCUT2D eigenvalue weighted by atomic mass is 19.4. The molecule has 0 unspecified atom stereocenters. The van der Waals surface area contributed by atoms with E-state index in [2.05, 4.69) is 4.90 Å². The highest BCUT2D eigenvalue weighted by Crippen LogP contribution is 2.32. The SMILES string of the molecule is O[C@@H](COc1ccc2ccccc2c1)CN1CCN(c2cccc(C(F)(F)F)c2)CC1. The summed E-state index contributed by atoms with van der Waals surface area (Å²) in [7, 11) is 0. The number of anilines is 1. The van der Waals surface area contributed by atoms with E-state index in [9.17, 15) is 18.3 Å². The van der Waals surface area contributed by atoms with E-state index in [1.807, 2.05) is 47.4 Å². The standard InChI is InChI=1S/C24H25F3N2O2/c25-24(26,27)20-6-3-7-21(15-20)29-12-10-28(11-13-29)16-22(30)17-31-23-9-8-18-4-1-2-5-19(18)14-23/h1-9,14-15,22,30H,10-13,16-17H2/t22-/m1/s1. The molecular weight excluding hydrogens is 405 g/mol. The van der Waals surface area contributed by atoms with Crippen molar-refractivity contribution >= 4 is 16.5 Å². The molecule has 1 heterocycles. The van der Waals surface area contributed by atoms with E-state index in [4.69, 9.17) is 4.74 Å². The fraction of sp³-hybridized carbons (Fsp3) is 0.333. The lowest BCUT2D eigenvalue weighted by Gasteiger charge is -2.37. The molecule has 1 N–H and O–H groups in total. The zero-order valence-electron chi connectivity index (χ0n) is 17.1. The molecule has 164 valence electrons. The maximum absolute atomic E-state index is 12.9. The molecule has 3 aromatic carbocycles. The predicted octanol–water partition coefficient (Wildman–Crippen LogP) is 4.42. The number of fused-ring (bicyclic) bond motifs is 1. The molecule has 1 aliphatic rings. The summed E-state index contributed by atoms with van der Waals surface area (Å²) in [6.07, 6.45) is -4.99. The minimum absolute atomic E-state index is 0.187. The largest absolute Gasteiger partial charge is 0.491 e. The monoisotopic (exact) mass is 430 g/mol. The summed E-state index contributed by atoms with van der Waals surface area (Å²) in [6.45, 7) is 3.21. The Bertz CT molecular complexity index is 1020. The molecule has 0 amide bonds. The number of nitrogens with zero attached hydrogens (tertiary/aromatic N) is 2. The van der Waals surface area contributed by atoms with Crippen molar-refractivity contribution in [2.45, 2.75) is 12.3 Å². The van der Waals surface area contributed by atoms with Crippen LogP contribution in [-0.4, -0.2) is 55.4 Å². The fourth-order valence-electron chi connectivity index (χ4n) is 3.87. The third-order valence-electron chi connectivity index (χ3n) is 5.54. The number of hydrogen-bond acceptors (Lipinski definition) is 4. The highest BCUT2D eigenvalue weighted by Gasteiger charge is 2.31. The van der Waals surface area contributed by atoms with Gasteiger partial charge in [0.2, 0.25) is 0 Å². The molecule has 0 aromatic heterocycles. The number of rotatable bonds is 6. The van der Waals surface area contributed by atoms with E-state index in [-0.39, 0.29) is 6.61 Å². The predicted molar refractivity (Wildman–Crippen MR) is 116 cm³/mol. The smallest absolute Gasteiger partial charge is 0.416 e. The minimum Gasteiger partial charge on any atom is -0.491 e. The zero-order chi connectivity index (χ0) is 21.8. The molecule has 1 saturated heterocycles. The number of ether oxygens (including phenoxy) is 1. The summed E-state index contributed by atoms with van der Waals surface area (Å²) in [6, 6.07) is 19.3. The Labute approximate surface area is 179 Å². The molecule has 1 fully saturated rings. The average Bonchev–Trinajstić information content (AvgIpc) is 2.77. The number of aliphatic hydroxyl groups excluding tert-OH is 1. The summed E-state index contributed by atoms with van der Waals surface area (Å²) in [5.74, 6) is 0.715. The van der Waals surface area contributed by atoms with Gasteiger partial charge in [-0.2, -0.15) is 13.2 Å². The van der Waals surface area contributed by atoms with Crippen molar-refractivity contribution < 1.29 is 23.0 Å². The topological polar surface area (TPSA) is 35.9 Å². The first kappa shape index (κ1) is 21.5. The van der Waals surface area contributed by atoms with Gasteiger partial charge in [0.1, 0.15) is 18.5 Å². The number of halogens is 3. The molecule has 1 aliphatic heterocycles. The van der Waals surface area contributed by atoms with Gasteiger partial charge < -0.3 is 14.7 Å². The van der Waals surface area contributed by atoms with Crippen LogP contribution in [0.3, 0.4) is 0 Å². The van der Waals surface area contributed by atoms with E-state index in [0.29, 0.717) is 44.2 Å². The van der Waals surface area contributed by atoms with Gasteiger partial charge in [0.15, 0.2) is 0 Å². The molecular formula is C24H25F3N2O2. The summed E-state index contributed by atoms with van der Waals surface area (Å²) in [4.78, 5) is 4.06. The van der Waals surface area contributed by atoms with Gasteiger partial charge in [0.05, 0.1) is 5.56 Å². The van der Waals surface area contributed by atoms with E-state index in [1.165, 1.54) is 12.1 Å². The van der Waals surface area contributed by atoms with Crippen LogP contribution in [0, 0.1) is 0 Å². The quantitative estimate of drug-likeness (QED) is 0.628. The molecule has 4 rings (SSSR count). The maximum Gasteiger partial charge on any atom is 0.416 e. The van der Waals surface area contributed by atoms with E-state index >= 15 is 0 Å². The van der Waals surface area contributed by atoms with Crippen LogP contribution in [0.25, 0.3) is 10.8 Å². The third-order valence-corrected chi connectivity index (χ3v) is 5.54. The molecule has 1 atom stereocenters. The Morgan fingerprint density at radius 2 is 1.61 bits per heavy atom. The van der Waals surface area contributed by atoms with Crippen LogP contribution in [0.1, 0.15) is 5.56 Å². The molecule has 0 radical (unpaired) electrons. The normalized spacial score (nSPS) is 16.5. The van der Waals surface area contributed by atoms with Gasteiger partial charge in [-0.05, 0) is 41.1 Å². The van der Waals surface area contributed by atoms with Gasteiger partial charge in [-0.25, -0.2) is 0 Å². The molecule has 31 heavy (non-hydrogen) atoms. The van der Waals surface area contributed by atoms with Crippen LogP contribution in [0.15, 0.2) is 66.7 Å². The Hall–Kier alpha value is -2.77. The number of aliphatic hydroxyl groups is 1. The number of alkyl halides is 3. The molecule has 0 spiro atoms. The first-order chi connectivity index (χ1) is 14.9. The van der Waals surface area contributed by atoms with Gasteiger partial charge in [-0.15, -0.1) is 0 Å². The summed E-state index contributed by atoms with van der Waals surface area (Å²) in [5.41, 5.74) is -0.0525. The summed E-state index contributed by atoms with van der Waals surface area (Å²) in [5, 5.41) is 12.6. The van der Waals surface area contributed by atoms with Crippen LogP contribution in [0.2, 0.25) is 0 Å². The van der Waals surface area contributed by atoms with Crippen molar-refractivity contribution in [3.63, 3.8) is 0 Å². The number of piperazine rings is 1. The lowest BCUT2D eigenvalue weighted by atomic mass is 10.1. The summed E-state index contributed by atoms with van der Waals surface area (Å²) < 4.78 is 44.6. The lowest BCUT2D eigenvalue weighted by Crippen LogP contribution is -2.49. The maximum atomic E-state index is 12.9. The van der Waals surface area contributed by atoms with Gasteiger partial charge in [0.25, 0.3) is 0 Å². The second kappa shape index (κ2) is 9.16. The zero-order valence-corrected chi connectivity index (χ0v) is 17.1. The van der Waals surface area contributed by atoms with Crippen molar-refractivity contribution in [1.29, 1.82) is 0 Å². The molecule has 7 heteroatoms. The van der Waals surface area contributed by atoms with E-state index in [1.54, 1.807) is 6.07 Å². The van der Waals surface area contributed by atoms with Gasteiger partial charge in [-0.3, -0.25) is 4.90 Å². The Morgan fingerprint density at radius 1 is 0.871 bits per heavy atom. The molecule has 3 aromatic rings. The van der Waals surface area contributed by atoms with Crippen LogP contribution < -0.4 is 9.64 Å². The number of hydrogen-bond donors (Lipinski definition) is 1. The van der Waals surface area contributed by atoms with Gasteiger partial charge >= 0.3 is 6.18 Å². The highest BCUT2D eigenvalue weighted by molar-refractivity contribution is 5.83. The fourth-order valence-corrected chi connectivity index (χ4v) is 3.87. The third kappa shape index (κ3) is 5.48. The second-order valence-corrected chi connectivity index (χ2v) is 7.81. The van der Waals surface area contributed by atoms with Crippen LogP contribution in [-0.2, 0) is 6.18 Å². The Kier molecular flexibility index (Phi) is 6.34. The molecule has 0 saturated carbocycles. The Morgan fingerprint density at radius 3 is 2.35 bits per heavy atom. The van der Waals surface area contributed by atoms with E-state index in [0.717, 1.165) is 16.8 Å². The average molecular weight is 430 g/mol. The van der Waals surface area contributed by atoms with Crippen LogP contribution in [0.5, 0.6) is 5.75 Å². The van der Waals surface area contributed by atoms with Crippen molar-refractivity contribution in [1.82, 2.24) is 4.90 Å². The minimum atomic E-state index is -4.34. The lowest BCUT2D eigenvalue weighted by molar-refractivity contribution is -0.137. The number of benzene rings is 3. The van der Waals surface area contributed by atoms with E-state index < -0.39 is 17.8 Å². The van der Waals surface area contributed by atoms with Crippen molar-refractivity contribution in [3.8, 4) is 5.75 Å². The summed E-state index contributed by atoms with van der Waals surface area (Å²) >= 11 is 0. The molecule has 0 aliphatic carbocycles. The first-order valence-electron chi connectivity index (χ1n) is 10.3.